The molecule has 0 heterocycles. The van der Waals surface area contributed by atoms with Gasteiger partial charge in [-0.05, 0) is 13.8 Å². The maximum atomic E-state index is 9.44. The van der Waals surface area contributed by atoms with Gasteiger partial charge in [0.1, 0.15) is 5.78 Å². The van der Waals surface area contributed by atoms with E-state index in [4.69, 9.17) is 0 Å². The largest absolute Gasteiger partial charge is 0.370 e. The number of nitrogens with two attached hydrogens (primary N) is 1. The van der Waals surface area contributed by atoms with Crippen LogP contribution >= 0.6 is 0 Å². The summed E-state index contributed by atoms with van der Waals surface area (Å²) in [5, 5.41) is 0. The minimum absolute atomic E-state index is 0.167. The summed E-state index contributed by atoms with van der Waals surface area (Å²) < 4.78 is 0. The second-order valence-corrected chi connectivity index (χ2v) is 1.52. The molecule has 10 heavy (non-hydrogen) atoms. The average Bonchev–Trinajstić information content (AvgIpc) is 1.66. The minimum atomic E-state index is -0.333. The van der Waals surface area contributed by atoms with Crippen molar-refractivity contribution in [1.29, 1.82) is 0 Å². The van der Waals surface area contributed by atoms with Crippen LogP contribution in [0.1, 0.15) is 34.6 Å². The fraction of sp³-hybridized carbons (Fsp3) is 0.714. The van der Waals surface area contributed by atoms with E-state index in [2.05, 4.69) is 5.73 Å². The van der Waals surface area contributed by atoms with E-state index in [9.17, 15) is 9.59 Å². The molecule has 62 valence electrons. The molecule has 0 bridgehead atoms. The van der Waals surface area contributed by atoms with Gasteiger partial charge < -0.3 is 10.5 Å². The number of rotatable bonds is 0. The normalized spacial score (nSPS) is 5.70. The lowest BCUT2D eigenvalue weighted by Crippen LogP contribution is -2.01. The van der Waals surface area contributed by atoms with Crippen molar-refractivity contribution < 1.29 is 9.59 Å². The van der Waals surface area contributed by atoms with Gasteiger partial charge in [-0.15, -0.1) is 0 Å². The summed E-state index contributed by atoms with van der Waals surface area (Å²) in [6, 6.07) is 0. The fourth-order valence-electron chi connectivity index (χ4n) is 0. The van der Waals surface area contributed by atoms with Gasteiger partial charge in [0.15, 0.2) is 0 Å². The Morgan fingerprint density at radius 3 is 1.00 bits per heavy atom. The Bertz CT molecular complexity index is 69.6. The molecule has 0 aromatic carbocycles. The Labute approximate surface area is 62.6 Å². The molecule has 0 aliphatic rings. The number of hydrogen-bond acceptors (Lipinski definition) is 2. The molecule has 0 spiro atoms. The summed E-state index contributed by atoms with van der Waals surface area (Å²) in [5.74, 6) is -0.167. The summed E-state index contributed by atoms with van der Waals surface area (Å²) in [6.07, 6.45) is 0. The smallest absolute Gasteiger partial charge is 0.214 e. The van der Waals surface area contributed by atoms with Crippen molar-refractivity contribution in [1.82, 2.24) is 0 Å². The second-order valence-electron chi connectivity index (χ2n) is 1.52. The lowest BCUT2D eigenvalue weighted by molar-refractivity contribution is -0.116. The molecule has 3 nitrogen and oxygen atoms in total. The van der Waals surface area contributed by atoms with Gasteiger partial charge in [-0.3, -0.25) is 4.79 Å². The predicted molar refractivity (Wildman–Crippen MR) is 42.6 cm³/mol. The number of amides is 1. The molecule has 0 atom stereocenters. The number of primary amides is 1. The minimum Gasteiger partial charge on any atom is -0.370 e. The number of carbonyl (C=O) groups excluding carboxylic acids is 2. The first-order chi connectivity index (χ1) is 4.46. The molecular weight excluding hydrogens is 130 g/mol. The van der Waals surface area contributed by atoms with Crippen LogP contribution in [0.15, 0.2) is 0 Å². The van der Waals surface area contributed by atoms with Crippen LogP contribution in [0.5, 0.6) is 0 Å². The SMILES string of the molecule is CC.CC(C)=O.CC(N)=O. The molecule has 0 radical (unpaired) electrons. The highest BCUT2D eigenvalue weighted by atomic mass is 16.1. The van der Waals surface area contributed by atoms with Crippen molar-refractivity contribution >= 4 is 11.7 Å². The van der Waals surface area contributed by atoms with Gasteiger partial charge in [0.2, 0.25) is 5.91 Å². The third kappa shape index (κ3) is 364. The van der Waals surface area contributed by atoms with E-state index in [1.807, 2.05) is 13.8 Å². The zero-order valence-corrected chi connectivity index (χ0v) is 7.39. The standard InChI is InChI=1S/C3H6O.C2H5NO.C2H6/c1-3(2)4;1-2(3)4;1-2/h1-2H3;1H3,(H2,3,4);1-2H3. The summed E-state index contributed by atoms with van der Waals surface area (Å²) in [4.78, 5) is 18.7. The van der Waals surface area contributed by atoms with Crippen molar-refractivity contribution in [3.8, 4) is 0 Å². The summed E-state index contributed by atoms with van der Waals surface area (Å²) in [7, 11) is 0. The Kier molecular flexibility index (Phi) is 25.2. The molecule has 0 unspecified atom stereocenters. The average molecular weight is 147 g/mol. The zero-order valence-electron chi connectivity index (χ0n) is 7.39. The molecule has 0 aromatic rings. The third-order valence-electron chi connectivity index (χ3n) is 0. The van der Waals surface area contributed by atoms with E-state index in [0.717, 1.165) is 0 Å². The monoisotopic (exact) mass is 147 g/mol. The summed E-state index contributed by atoms with van der Waals surface area (Å²) in [6.45, 7) is 8.36. The van der Waals surface area contributed by atoms with Crippen LogP contribution in [0.3, 0.4) is 0 Å². The maximum Gasteiger partial charge on any atom is 0.214 e. The molecule has 0 aliphatic heterocycles. The molecular formula is C7H17NO2. The van der Waals surface area contributed by atoms with Gasteiger partial charge in [-0.2, -0.15) is 0 Å². The Balaban J connectivity index is -0.0000000787. The van der Waals surface area contributed by atoms with Crippen LogP contribution in [0.25, 0.3) is 0 Å². The van der Waals surface area contributed by atoms with Crippen molar-refractivity contribution in [3.63, 3.8) is 0 Å². The van der Waals surface area contributed by atoms with Gasteiger partial charge in [0, 0.05) is 6.92 Å². The molecule has 0 fully saturated rings. The highest BCUT2D eigenvalue weighted by Crippen LogP contribution is 1.50. The molecule has 0 aliphatic carbocycles. The molecule has 0 saturated carbocycles. The van der Waals surface area contributed by atoms with Crippen molar-refractivity contribution in [2.24, 2.45) is 5.73 Å². The summed E-state index contributed by atoms with van der Waals surface area (Å²) >= 11 is 0. The number of carbonyl (C=O) groups is 2. The van der Waals surface area contributed by atoms with Crippen LogP contribution < -0.4 is 5.73 Å². The van der Waals surface area contributed by atoms with Crippen LogP contribution in [-0.4, -0.2) is 11.7 Å². The maximum absolute atomic E-state index is 9.44. The van der Waals surface area contributed by atoms with Crippen molar-refractivity contribution in [3.05, 3.63) is 0 Å². The summed E-state index contributed by atoms with van der Waals surface area (Å²) in [5.41, 5.74) is 4.47. The number of Topliss-reactive ketones (excluding diaryl/α,β-unsaturated/α-hetero) is 1. The van der Waals surface area contributed by atoms with Crippen LogP contribution in [0.2, 0.25) is 0 Å². The first kappa shape index (κ1) is 16.1. The van der Waals surface area contributed by atoms with Crippen LogP contribution in [0, 0.1) is 0 Å². The zero-order chi connectivity index (χ0) is 9.15. The third-order valence-corrected chi connectivity index (χ3v) is 0. The number of hydrogen-bond donors (Lipinski definition) is 1. The van der Waals surface area contributed by atoms with Gasteiger partial charge in [0.25, 0.3) is 0 Å². The molecule has 0 saturated heterocycles. The van der Waals surface area contributed by atoms with Gasteiger partial charge >= 0.3 is 0 Å². The van der Waals surface area contributed by atoms with E-state index in [-0.39, 0.29) is 11.7 Å². The lowest BCUT2D eigenvalue weighted by Gasteiger charge is -1.60. The second kappa shape index (κ2) is 15.7. The fourth-order valence-corrected chi connectivity index (χ4v) is 0. The van der Waals surface area contributed by atoms with Crippen molar-refractivity contribution in [2.75, 3.05) is 0 Å². The van der Waals surface area contributed by atoms with Gasteiger partial charge in [-0.1, -0.05) is 13.8 Å². The first-order valence-electron chi connectivity index (χ1n) is 3.20. The highest BCUT2D eigenvalue weighted by Gasteiger charge is 1.62. The van der Waals surface area contributed by atoms with Crippen molar-refractivity contribution in [2.45, 2.75) is 34.6 Å². The Hall–Kier alpha value is -0.860. The molecule has 3 heteroatoms. The molecule has 0 aromatic heterocycles. The van der Waals surface area contributed by atoms with Gasteiger partial charge in [-0.25, -0.2) is 0 Å². The quantitative estimate of drug-likeness (QED) is 0.558. The Morgan fingerprint density at radius 1 is 1.00 bits per heavy atom. The van der Waals surface area contributed by atoms with E-state index in [1.54, 1.807) is 0 Å². The van der Waals surface area contributed by atoms with Gasteiger partial charge in [0.05, 0.1) is 0 Å². The number of ketones is 1. The van der Waals surface area contributed by atoms with E-state index in [0.29, 0.717) is 0 Å². The van der Waals surface area contributed by atoms with Crippen LogP contribution in [0.4, 0.5) is 0 Å². The van der Waals surface area contributed by atoms with E-state index < -0.39 is 0 Å². The molecule has 1 amide bonds. The lowest BCUT2D eigenvalue weighted by atomic mass is 10.6. The Morgan fingerprint density at radius 2 is 1.00 bits per heavy atom. The highest BCUT2D eigenvalue weighted by molar-refractivity contribution is 5.72. The van der Waals surface area contributed by atoms with E-state index >= 15 is 0 Å². The first-order valence-corrected chi connectivity index (χ1v) is 3.20. The molecule has 0 rings (SSSR count). The molecule has 2 N–H and O–H groups in total. The predicted octanol–water partition coefficient (Wildman–Crippen LogP) is 1.11. The topological polar surface area (TPSA) is 60.2 Å². The van der Waals surface area contributed by atoms with Crippen LogP contribution in [-0.2, 0) is 9.59 Å². The van der Waals surface area contributed by atoms with E-state index in [1.165, 1.54) is 20.8 Å².